The van der Waals surface area contributed by atoms with Crippen LogP contribution >= 0.6 is 0 Å². The molecule has 20 heavy (non-hydrogen) atoms. The molecule has 0 spiro atoms. The Balaban J connectivity index is 1.70. The molecule has 0 aliphatic heterocycles. The van der Waals surface area contributed by atoms with Crippen molar-refractivity contribution in [3.05, 3.63) is 30.1 Å². The number of aryl methyl sites for hydroxylation is 1. The number of hydrogen-bond acceptors (Lipinski definition) is 3. The predicted octanol–water partition coefficient (Wildman–Crippen LogP) is 2.31. The molecule has 1 fully saturated rings. The summed E-state index contributed by atoms with van der Waals surface area (Å²) in [4.78, 5) is 4.71. The van der Waals surface area contributed by atoms with E-state index in [1.54, 1.807) is 0 Å². The molecule has 0 bridgehead atoms. The third-order valence-corrected chi connectivity index (χ3v) is 3.98. The van der Waals surface area contributed by atoms with Gasteiger partial charge in [-0.3, -0.25) is 0 Å². The molecule has 4 nitrogen and oxygen atoms in total. The maximum atomic E-state index is 9.89. The van der Waals surface area contributed by atoms with E-state index in [1.165, 1.54) is 18.4 Å². The van der Waals surface area contributed by atoms with Crippen LogP contribution in [0.1, 0.15) is 32.0 Å². The number of aliphatic hydroxyl groups is 1. The van der Waals surface area contributed by atoms with Crippen LogP contribution in [0, 0.1) is 5.92 Å². The fourth-order valence-corrected chi connectivity index (χ4v) is 2.71. The molecule has 2 N–H and O–H groups in total. The fourth-order valence-electron chi connectivity index (χ4n) is 2.71. The van der Waals surface area contributed by atoms with Gasteiger partial charge < -0.3 is 15.0 Å². The zero-order valence-electron chi connectivity index (χ0n) is 12.0. The Kier molecular flexibility index (Phi) is 4.03. The second-order valence-corrected chi connectivity index (χ2v) is 5.70. The lowest BCUT2D eigenvalue weighted by molar-refractivity contribution is 0.148. The van der Waals surface area contributed by atoms with Gasteiger partial charge in [-0.25, -0.2) is 4.98 Å². The van der Waals surface area contributed by atoms with Crippen LogP contribution in [0.15, 0.2) is 24.3 Å². The topological polar surface area (TPSA) is 50.1 Å². The van der Waals surface area contributed by atoms with Crippen LogP contribution in [0.5, 0.6) is 0 Å². The van der Waals surface area contributed by atoms with Crippen LogP contribution in [0.2, 0.25) is 0 Å². The summed E-state index contributed by atoms with van der Waals surface area (Å²) >= 11 is 0. The summed E-state index contributed by atoms with van der Waals surface area (Å²) in [6.07, 6.45) is 3.26. The average molecular weight is 273 g/mol. The number of benzene rings is 1. The smallest absolute Gasteiger partial charge is 0.123 e. The minimum absolute atomic E-state index is 0.195. The molecule has 0 saturated heterocycles. The Bertz CT molecular complexity index is 574. The van der Waals surface area contributed by atoms with Crippen molar-refractivity contribution in [2.75, 3.05) is 6.54 Å². The third-order valence-electron chi connectivity index (χ3n) is 3.98. The van der Waals surface area contributed by atoms with E-state index in [1.807, 2.05) is 6.07 Å². The molecule has 1 unspecified atom stereocenters. The molecule has 0 radical (unpaired) electrons. The van der Waals surface area contributed by atoms with E-state index in [0.717, 1.165) is 30.9 Å². The van der Waals surface area contributed by atoms with Crippen LogP contribution in [-0.4, -0.2) is 27.3 Å². The van der Waals surface area contributed by atoms with Crippen molar-refractivity contribution in [3.8, 4) is 0 Å². The fraction of sp³-hybridized carbons (Fsp3) is 0.562. The van der Waals surface area contributed by atoms with E-state index in [0.29, 0.717) is 12.5 Å². The number of nitrogens with zero attached hydrogens (tertiary/aromatic N) is 2. The number of nitrogens with one attached hydrogen (secondary N) is 1. The van der Waals surface area contributed by atoms with Gasteiger partial charge in [0.05, 0.1) is 23.7 Å². The SMILES string of the molecule is CCCn1c(CNCC(O)C2CC2)nc2ccccc21. The number of rotatable bonds is 7. The van der Waals surface area contributed by atoms with Crippen LogP contribution in [0.25, 0.3) is 11.0 Å². The van der Waals surface area contributed by atoms with Gasteiger partial charge in [0, 0.05) is 13.1 Å². The Hall–Kier alpha value is -1.39. The molecular formula is C16H23N3O. The first kappa shape index (κ1) is 13.6. The lowest BCUT2D eigenvalue weighted by Gasteiger charge is -2.12. The summed E-state index contributed by atoms with van der Waals surface area (Å²) in [5.41, 5.74) is 2.26. The molecule has 1 saturated carbocycles. The molecule has 1 aromatic carbocycles. The molecule has 1 atom stereocenters. The van der Waals surface area contributed by atoms with Crippen molar-refractivity contribution in [1.29, 1.82) is 0 Å². The standard InChI is InChI=1S/C16H23N3O/c1-2-9-19-14-6-4-3-5-13(14)18-16(19)11-17-10-15(20)12-7-8-12/h3-6,12,15,17,20H,2,7-11H2,1H3. The molecule has 0 amide bonds. The van der Waals surface area contributed by atoms with E-state index < -0.39 is 0 Å². The lowest BCUT2D eigenvalue weighted by Crippen LogP contribution is -2.28. The first-order valence-electron chi connectivity index (χ1n) is 7.62. The minimum Gasteiger partial charge on any atom is -0.392 e. The van der Waals surface area contributed by atoms with Gasteiger partial charge in [0.1, 0.15) is 5.82 Å². The van der Waals surface area contributed by atoms with Gasteiger partial charge in [-0.2, -0.15) is 0 Å². The largest absolute Gasteiger partial charge is 0.392 e. The number of aliphatic hydroxyl groups excluding tert-OH is 1. The molecule has 1 aromatic heterocycles. The molecular weight excluding hydrogens is 250 g/mol. The maximum Gasteiger partial charge on any atom is 0.123 e. The summed E-state index contributed by atoms with van der Waals surface area (Å²) in [6, 6.07) is 8.27. The normalized spacial score (nSPS) is 16.7. The van der Waals surface area contributed by atoms with E-state index >= 15 is 0 Å². The van der Waals surface area contributed by atoms with Gasteiger partial charge in [0.25, 0.3) is 0 Å². The summed E-state index contributed by atoms with van der Waals surface area (Å²) in [7, 11) is 0. The van der Waals surface area contributed by atoms with Crippen molar-refractivity contribution >= 4 is 11.0 Å². The highest BCUT2D eigenvalue weighted by atomic mass is 16.3. The average Bonchev–Trinajstić information content (AvgIpc) is 3.25. The van der Waals surface area contributed by atoms with E-state index in [9.17, 15) is 5.11 Å². The summed E-state index contributed by atoms with van der Waals surface area (Å²) in [5, 5.41) is 13.2. The highest BCUT2D eigenvalue weighted by Gasteiger charge is 2.29. The highest BCUT2D eigenvalue weighted by molar-refractivity contribution is 5.75. The van der Waals surface area contributed by atoms with Gasteiger partial charge in [-0.05, 0) is 37.3 Å². The van der Waals surface area contributed by atoms with Crippen molar-refractivity contribution in [3.63, 3.8) is 0 Å². The van der Waals surface area contributed by atoms with Gasteiger partial charge in [-0.1, -0.05) is 19.1 Å². The number of aromatic nitrogens is 2. The van der Waals surface area contributed by atoms with Crippen LogP contribution in [0.4, 0.5) is 0 Å². The summed E-state index contributed by atoms with van der Waals surface area (Å²) in [6.45, 7) is 4.56. The monoisotopic (exact) mass is 273 g/mol. The molecule has 3 rings (SSSR count). The van der Waals surface area contributed by atoms with Crippen molar-refractivity contribution < 1.29 is 5.11 Å². The molecule has 4 heteroatoms. The first-order valence-corrected chi connectivity index (χ1v) is 7.62. The second-order valence-electron chi connectivity index (χ2n) is 5.70. The molecule has 1 heterocycles. The Labute approximate surface area is 119 Å². The van der Waals surface area contributed by atoms with Crippen molar-refractivity contribution in [2.24, 2.45) is 5.92 Å². The maximum absolute atomic E-state index is 9.89. The van der Waals surface area contributed by atoms with E-state index in [-0.39, 0.29) is 6.10 Å². The zero-order chi connectivity index (χ0) is 13.9. The second kappa shape index (κ2) is 5.94. The van der Waals surface area contributed by atoms with E-state index in [4.69, 9.17) is 4.98 Å². The minimum atomic E-state index is -0.195. The van der Waals surface area contributed by atoms with Gasteiger partial charge in [-0.15, -0.1) is 0 Å². The quantitative estimate of drug-likeness (QED) is 0.814. The predicted molar refractivity (Wildman–Crippen MR) is 80.5 cm³/mol. The molecule has 1 aliphatic carbocycles. The van der Waals surface area contributed by atoms with Crippen LogP contribution in [-0.2, 0) is 13.1 Å². The Morgan fingerprint density at radius 2 is 2.20 bits per heavy atom. The number of para-hydroxylation sites is 2. The number of fused-ring (bicyclic) bond motifs is 1. The zero-order valence-corrected chi connectivity index (χ0v) is 12.0. The van der Waals surface area contributed by atoms with E-state index in [2.05, 4.69) is 35.0 Å². The van der Waals surface area contributed by atoms with Crippen LogP contribution in [0.3, 0.4) is 0 Å². The van der Waals surface area contributed by atoms with Gasteiger partial charge in [0.2, 0.25) is 0 Å². The molecule has 108 valence electrons. The van der Waals surface area contributed by atoms with Gasteiger partial charge in [0.15, 0.2) is 0 Å². The Morgan fingerprint density at radius 1 is 1.40 bits per heavy atom. The first-order chi connectivity index (χ1) is 9.79. The highest BCUT2D eigenvalue weighted by Crippen LogP contribution is 2.32. The van der Waals surface area contributed by atoms with Crippen molar-refractivity contribution in [2.45, 2.75) is 45.4 Å². The number of imidazole rings is 1. The third kappa shape index (κ3) is 2.86. The van der Waals surface area contributed by atoms with Crippen molar-refractivity contribution in [1.82, 2.24) is 14.9 Å². The van der Waals surface area contributed by atoms with Crippen LogP contribution < -0.4 is 5.32 Å². The molecule has 1 aliphatic rings. The lowest BCUT2D eigenvalue weighted by atomic mass is 10.2. The molecule has 2 aromatic rings. The summed E-state index contributed by atoms with van der Waals surface area (Å²) < 4.78 is 2.28. The Morgan fingerprint density at radius 3 is 2.95 bits per heavy atom. The summed E-state index contributed by atoms with van der Waals surface area (Å²) in [5.74, 6) is 1.59. The number of hydrogen-bond donors (Lipinski definition) is 2. The van der Waals surface area contributed by atoms with Gasteiger partial charge >= 0.3 is 0 Å².